The van der Waals surface area contributed by atoms with Gasteiger partial charge in [-0.05, 0) is 44.7 Å². The lowest BCUT2D eigenvalue weighted by molar-refractivity contribution is -0.384. The van der Waals surface area contributed by atoms with Gasteiger partial charge in [0, 0.05) is 30.5 Å². The van der Waals surface area contributed by atoms with E-state index in [2.05, 4.69) is 19.2 Å². The molecule has 1 N–H and O–H groups in total. The molecule has 0 radical (unpaired) electrons. The van der Waals surface area contributed by atoms with Crippen molar-refractivity contribution >= 4 is 11.4 Å². The largest absolute Gasteiger partial charge is 0.382 e. The summed E-state index contributed by atoms with van der Waals surface area (Å²) >= 11 is 0. The van der Waals surface area contributed by atoms with Crippen molar-refractivity contribution in [1.82, 2.24) is 0 Å². The van der Waals surface area contributed by atoms with Crippen LogP contribution >= 0.6 is 0 Å². The van der Waals surface area contributed by atoms with E-state index in [1.807, 2.05) is 6.92 Å². The molecule has 1 aromatic carbocycles. The maximum absolute atomic E-state index is 10.7. The monoisotopic (exact) mass is 278 g/mol. The van der Waals surface area contributed by atoms with Crippen LogP contribution in [0.3, 0.4) is 0 Å². The van der Waals surface area contributed by atoms with Crippen LogP contribution in [0.15, 0.2) is 18.2 Å². The van der Waals surface area contributed by atoms with Gasteiger partial charge in [-0.25, -0.2) is 0 Å². The first-order chi connectivity index (χ1) is 9.43. The van der Waals surface area contributed by atoms with Crippen LogP contribution in [0.4, 0.5) is 11.4 Å². The number of ether oxygens (including phenoxy) is 1. The first-order valence-electron chi connectivity index (χ1n) is 7.09. The molecule has 0 saturated carbocycles. The Bertz CT molecular complexity index is 504. The SMILES string of the molecule is CCC1(C)CC(Nc2ccc([N+](=O)[O-])cc2C)CCO1. The van der Waals surface area contributed by atoms with E-state index in [-0.39, 0.29) is 16.2 Å². The summed E-state index contributed by atoms with van der Waals surface area (Å²) in [5.41, 5.74) is 1.95. The summed E-state index contributed by atoms with van der Waals surface area (Å²) in [6.45, 7) is 6.94. The minimum absolute atomic E-state index is 0.0649. The summed E-state index contributed by atoms with van der Waals surface area (Å²) in [6.07, 6.45) is 2.91. The van der Waals surface area contributed by atoms with Crippen molar-refractivity contribution in [1.29, 1.82) is 0 Å². The number of aryl methyl sites for hydroxylation is 1. The molecule has 1 aromatic rings. The summed E-state index contributed by atoms with van der Waals surface area (Å²) in [7, 11) is 0. The molecule has 1 aliphatic heterocycles. The molecule has 0 bridgehead atoms. The predicted octanol–water partition coefficient (Wildman–Crippen LogP) is 3.66. The van der Waals surface area contributed by atoms with Crippen LogP contribution in [0.5, 0.6) is 0 Å². The number of nitro benzene ring substituents is 1. The molecule has 0 amide bonds. The van der Waals surface area contributed by atoms with E-state index >= 15 is 0 Å². The van der Waals surface area contributed by atoms with Gasteiger partial charge in [-0.15, -0.1) is 0 Å². The number of anilines is 1. The topological polar surface area (TPSA) is 64.4 Å². The molecule has 1 heterocycles. The smallest absolute Gasteiger partial charge is 0.269 e. The van der Waals surface area contributed by atoms with Gasteiger partial charge in [0.1, 0.15) is 0 Å². The highest BCUT2D eigenvalue weighted by atomic mass is 16.6. The van der Waals surface area contributed by atoms with Gasteiger partial charge in [-0.3, -0.25) is 10.1 Å². The zero-order valence-electron chi connectivity index (χ0n) is 12.3. The molecule has 20 heavy (non-hydrogen) atoms. The molecule has 1 fully saturated rings. The molecule has 1 saturated heterocycles. The van der Waals surface area contributed by atoms with E-state index in [0.29, 0.717) is 6.04 Å². The fourth-order valence-electron chi connectivity index (χ4n) is 2.64. The Morgan fingerprint density at radius 2 is 2.30 bits per heavy atom. The van der Waals surface area contributed by atoms with Crippen LogP contribution < -0.4 is 5.32 Å². The number of nitro groups is 1. The quantitative estimate of drug-likeness (QED) is 0.674. The van der Waals surface area contributed by atoms with E-state index in [1.54, 1.807) is 18.2 Å². The van der Waals surface area contributed by atoms with Crippen LogP contribution in [-0.4, -0.2) is 23.2 Å². The van der Waals surface area contributed by atoms with Crippen LogP contribution in [0.2, 0.25) is 0 Å². The van der Waals surface area contributed by atoms with E-state index in [9.17, 15) is 10.1 Å². The average Bonchev–Trinajstić information content (AvgIpc) is 2.41. The normalized spacial score (nSPS) is 26.2. The predicted molar refractivity (Wildman–Crippen MR) is 79.1 cm³/mol. The first-order valence-corrected chi connectivity index (χ1v) is 7.09. The molecule has 2 atom stereocenters. The highest BCUT2D eigenvalue weighted by molar-refractivity contribution is 5.56. The third-order valence-electron chi connectivity index (χ3n) is 4.12. The lowest BCUT2D eigenvalue weighted by atomic mass is 9.89. The molecular weight excluding hydrogens is 256 g/mol. The highest BCUT2D eigenvalue weighted by Gasteiger charge is 2.31. The van der Waals surface area contributed by atoms with Gasteiger partial charge < -0.3 is 10.1 Å². The fourth-order valence-corrected chi connectivity index (χ4v) is 2.64. The molecule has 5 nitrogen and oxygen atoms in total. The standard InChI is InChI=1S/C15H22N2O3/c1-4-15(3)10-12(7-8-20-15)16-14-6-5-13(17(18)19)9-11(14)2/h5-6,9,12,16H,4,7-8,10H2,1-3H3. The maximum atomic E-state index is 10.7. The molecule has 2 rings (SSSR count). The first kappa shape index (κ1) is 14.8. The Balaban J connectivity index is 2.08. The minimum Gasteiger partial charge on any atom is -0.382 e. The third kappa shape index (κ3) is 3.28. The summed E-state index contributed by atoms with van der Waals surface area (Å²) < 4.78 is 5.83. The molecule has 0 aliphatic carbocycles. The number of nitrogens with one attached hydrogen (secondary N) is 1. The average molecular weight is 278 g/mol. The summed E-state index contributed by atoms with van der Waals surface area (Å²) in [6, 6.07) is 5.31. The third-order valence-corrected chi connectivity index (χ3v) is 4.12. The number of hydrogen-bond acceptors (Lipinski definition) is 4. The van der Waals surface area contributed by atoms with E-state index in [0.717, 1.165) is 37.1 Å². The van der Waals surface area contributed by atoms with Gasteiger partial charge in [-0.1, -0.05) is 6.92 Å². The van der Waals surface area contributed by atoms with Crippen molar-refractivity contribution in [3.05, 3.63) is 33.9 Å². The Morgan fingerprint density at radius 3 is 2.90 bits per heavy atom. The van der Waals surface area contributed by atoms with E-state index in [1.165, 1.54) is 0 Å². The molecule has 5 heteroatoms. The van der Waals surface area contributed by atoms with Crippen molar-refractivity contribution in [2.24, 2.45) is 0 Å². The van der Waals surface area contributed by atoms with Crippen molar-refractivity contribution in [3.63, 3.8) is 0 Å². The highest BCUT2D eigenvalue weighted by Crippen LogP contribution is 2.30. The van der Waals surface area contributed by atoms with Gasteiger partial charge in [0.05, 0.1) is 10.5 Å². The van der Waals surface area contributed by atoms with Crippen molar-refractivity contribution in [2.75, 3.05) is 11.9 Å². The number of non-ortho nitro benzene ring substituents is 1. The Labute approximate surface area is 119 Å². The molecular formula is C15H22N2O3. The van der Waals surface area contributed by atoms with Crippen molar-refractivity contribution in [3.8, 4) is 0 Å². The zero-order chi connectivity index (χ0) is 14.8. The van der Waals surface area contributed by atoms with Gasteiger partial charge in [0.15, 0.2) is 0 Å². The number of benzene rings is 1. The molecule has 2 unspecified atom stereocenters. The summed E-state index contributed by atoms with van der Waals surface area (Å²) in [5, 5.41) is 14.2. The van der Waals surface area contributed by atoms with Crippen LogP contribution in [0.1, 0.15) is 38.7 Å². The van der Waals surface area contributed by atoms with Crippen LogP contribution in [-0.2, 0) is 4.74 Å². The second-order valence-corrected chi connectivity index (χ2v) is 5.74. The Kier molecular flexibility index (Phi) is 4.28. The molecule has 0 spiro atoms. The fraction of sp³-hybridized carbons (Fsp3) is 0.600. The second-order valence-electron chi connectivity index (χ2n) is 5.74. The van der Waals surface area contributed by atoms with Gasteiger partial charge in [-0.2, -0.15) is 0 Å². The van der Waals surface area contributed by atoms with E-state index < -0.39 is 0 Å². The minimum atomic E-state index is -0.362. The molecule has 1 aliphatic rings. The van der Waals surface area contributed by atoms with Gasteiger partial charge >= 0.3 is 0 Å². The Hall–Kier alpha value is -1.62. The number of nitrogens with zero attached hydrogens (tertiary/aromatic N) is 1. The lowest BCUT2D eigenvalue weighted by Crippen LogP contribution is -2.41. The zero-order valence-corrected chi connectivity index (χ0v) is 12.3. The summed E-state index contributed by atoms with van der Waals surface area (Å²) in [5.74, 6) is 0. The lowest BCUT2D eigenvalue weighted by Gasteiger charge is -2.38. The number of hydrogen-bond donors (Lipinski definition) is 1. The molecule has 110 valence electrons. The van der Waals surface area contributed by atoms with Crippen molar-refractivity contribution < 1.29 is 9.66 Å². The van der Waals surface area contributed by atoms with Crippen LogP contribution in [0, 0.1) is 17.0 Å². The Morgan fingerprint density at radius 1 is 1.55 bits per heavy atom. The van der Waals surface area contributed by atoms with E-state index in [4.69, 9.17) is 4.74 Å². The number of rotatable bonds is 4. The summed E-state index contributed by atoms with van der Waals surface area (Å²) in [4.78, 5) is 10.4. The van der Waals surface area contributed by atoms with Crippen LogP contribution in [0.25, 0.3) is 0 Å². The van der Waals surface area contributed by atoms with Crippen molar-refractivity contribution in [2.45, 2.75) is 51.7 Å². The van der Waals surface area contributed by atoms with Gasteiger partial charge in [0.25, 0.3) is 5.69 Å². The van der Waals surface area contributed by atoms with Gasteiger partial charge in [0.2, 0.25) is 0 Å². The molecule has 0 aromatic heterocycles. The second kappa shape index (κ2) is 5.79. The maximum Gasteiger partial charge on any atom is 0.269 e.